The first-order valence-electron chi connectivity index (χ1n) is 12.3. The molecule has 2 heteroatoms. The molecule has 0 saturated carbocycles. The van der Waals surface area contributed by atoms with E-state index in [2.05, 4.69) is 55.4 Å². The van der Waals surface area contributed by atoms with Crippen LogP contribution in [0.25, 0.3) is 5.32 Å². The maximum atomic E-state index is 5.20. The third-order valence-electron chi connectivity index (χ3n) is 7.65. The molecule has 0 aliphatic carbocycles. The van der Waals surface area contributed by atoms with Crippen molar-refractivity contribution in [2.45, 2.75) is 151 Å². The quantitative estimate of drug-likeness (QED) is 0.179. The third-order valence-corrected chi connectivity index (χ3v) is 7.65. The number of hydrogen-bond acceptors (Lipinski definition) is 0. The molecule has 0 aromatic carbocycles. The molecule has 0 aromatic rings. The van der Waals surface area contributed by atoms with Gasteiger partial charge in [-0.2, -0.15) is 0 Å². The third kappa shape index (κ3) is 12.0. The Morgan fingerprint density at radius 1 is 0.536 bits per heavy atom. The van der Waals surface area contributed by atoms with Crippen molar-refractivity contribution in [1.82, 2.24) is 0 Å². The van der Waals surface area contributed by atoms with Crippen LogP contribution in [-0.4, -0.2) is 12.1 Å². The maximum Gasteiger partial charge on any atom is 1.00 e. The second-order valence-corrected chi connectivity index (χ2v) is 10.6. The molecule has 0 spiro atoms. The monoisotopic (exact) mass is 403 g/mol. The maximum absolute atomic E-state index is 5.20. The second kappa shape index (κ2) is 16.6. The van der Waals surface area contributed by atoms with Crippen LogP contribution in [0.15, 0.2) is 0 Å². The Labute approximate surface area is 202 Å². The van der Waals surface area contributed by atoms with Gasteiger partial charge < -0.3 is 5.32 Å². The van der Waals surface area contributed by atoms with Gasteiger partial charge in [-0.3, -0.25) is 0 Å². The first-order chi connectivity index (χ1) is 12.6. The van der Waals surface area contributed by atoms with Crippen molar-refractivity contribution < 1.29 is 29.6 Å². The van der Waals surface area contributed by atoms with E-state index in [1.54, 1.807) is 0 Å². The van der Waals surface area contributed by atoms with E-state index in [1.165, 1.54) is 89.9 Å². The van der Waals surface area contributed by atoms with Gasteiger partial charge in [-0.05, 0) is 17.3 Å². The van der Waals surface area contributed by atoms with Crippen LogP contribution in [0.5, 0.6) is 0 Å². The number of unbranched alkanes of at least 4 members (excludes halogenated alkanes) is 11. The summed E-state index contributed by atoms with van der Waals surface area (Å²) in [5, 5.41) is 5.20. The van der Waals surface area contributed by atoms with E-state index in [4.69, 9.17) is 5.32 Å². The molecule has 28 heavy (non-hydrogen) atoms. The molecule has 0 aliphatic heterocycles. The number of hydrogen-bond donors (Lipinski definition) is 0. The summed E-state index contributed by atoms with van der Waals surface area (Å²) in [6.07, 6.45) is 19.2. The smallest absolute Gasteiger partial charge is 0.657 e. The minimum absolute atomic E-state index is 0. The molecule has 0 rings (SSSR count). The molecule has 164 valence electrons. The van der Waals surface area contributed by atoms with Gasteiger partial charge in [0.05, 0.1) is 0 Å². The topological polar surface area (TPSA) is 14.1 Å². The first kappa shape index (κ1) is 31.1. The number of nitrogens with zero attached hydrogens (tertiary/aromatic N) is 1. The molecule has 0 aliphatic rings. The van der Waals surface area contributed by atoms with E-state index in [9.17, 15) is 0 Å². The van der Waals surface area contributed by atoms with Crippen molar-refractivity contribution >= 4 is 0 Å². The summed E-state index contributed by atoms with van der Waals surface area (Å²) >= 11 is 0. The largest absolute Gasteiger partial charge is 1.00 e. The molecular weight excluding hydrogens is 349 g/mol. The van der Waals surface area contributed by atoms with Crippen molar-refractivity contribution in [1.29, 1.82) is 0 Å². The zero-order valence-electron chi connectivity index (χ0n) is 21.6. The molecule has 0 heterocycles. The van der Waals surface area contributed by atoms with Crippen molar-refractivity contribution in [2.75, 3.05) is 6.54 Å². The van der Waals surface area contributed by atoms with E-state index in [0.717, 1.165) is 6.54 Å². The van der Waals surface area contributed by atoms with Crippen LogP contribution in [0.4, 0.5) is 0 Å². The van der Waals surface area contributed by atoms with Gasteiger partial charge in [0.15, 0.2) is 0 Å². The van der Waals surface area contributed by atoms with Gasteiger partial charge in [0.1, 0.15) is 0 Å². The minimum atomic E-state index is 0. The summed E-state index contributed by atoms with van der Waals surface area (Å²) in [5.41, 5.74) is 0.581. The van der Waals surface area contributed by atoms with Gasteiger partial charge in [0.2, 0.25) is 0 Å². The van der Waals surface area contributed by atoms with E-state index < -0.39 is 0 Å². The molecule has 0 saturated heterocycles. The summed E-state index contributed by atoms with van der Waals surface area (Å²) in [6, 6.07) is 0. The normalized spacial score (nSPS) is 12.9. The van der Waals surface area contributed by atoms with E-state index in [1.807, 2.05) is 0 Å². The molecule has 0 atom stereocenters. The summed E-state index contributed by atoms with van der Waals surface area (Å²) < 4.78 is 0. The summed E-state index contributed by atoms with van der Waals surface area (Å²) in [5.74, 6) is 0. The van der Waals surface area contributed by atoms with E-state index in [-0.39, 0.29) is 40.5 Å². The molecule has 0 N–H and O–H groups in total. The zero-order chi connectivity index (χ0) is 20.8. The van der Waals surface area contributed by atoms with Crippen LogP contribution in [0, 0.1) is 10.8 Å². The van der Waals surface area contributed by atoms with Crippen molar-refractivity contribution in [2.24, 2.45) is 10.8 Å². The van der Waals surface area contributed by atoms with Crippen LogP contribution in [0.1, 0.15) is 145 Å². The Bertz CT molecular complexity index is 346. The Morgan fingerprint density at radius 2 is 0.929 bits per heavy atom. The predicted octanol–water partition coefficient (Wildman–Crippen LogP) is 6.70. The molecule has 0 bridgehead atoms. The molecular formula is C26H54NNa. The van der Waals surface area contributed by atoms with Gasteiger partial charge in [0.25, 0.3) is 0 Å². The Balaban J connectivity index is 0. The summed E-state index contributed by atoms with van der Waals surface area (Å²) in [7, 11) is 0. The van der Waals surface area contributed by atoms with Crippen LogP contribution in [0.2, 0.25) is 0 Å². The first-order valence-corrected chi connectivity index (χ1v) is 12.3. The fourth-order valence-corrected chi connectivity index (χ4v) is 4.11. The van der Waals surface area contributed by atoms with Gasteiger partial charge in [-0.1, -0.05) is 139 Å². The summed E-state index contributed by atoms with van der Waals surface area (Å²) in [6.45, 7) is 20.2. The van der Waals surface area contributed by atoms with Crippen molar-refractivity contribution in [3.05, 3.63) is 5.32 Å². The van der Waals surface area contributed by atoms with Crippen LogP contribution in [0.3, 0.4) is 0 Å². The molecule has 0 aromatic heterocycles. The van der Waals surface area contributed by atoms with Gasteiger partial charge >= 0.3 is 29.6 Å². The Kier molecular flexibility index (Phi) is 18.5. The second-order valence-electron chi connectivity index (χ2n) is 10.6. The molecule has 0 fully saturated rings. The van der Waals surface area contributed by atoms with Crippen LogP contribution >= 0.6 is 0 Å². The van der Waals surface area contributed by atoms with Gasteiger partial charge in [-0.25, -0.2) is 0 Å². The van der Waals surface area contributed by atoms with Crippen LogP contribution in [-0.2, 0) is 0 Å². The summed E-state index contributed by atoms with van der Waals surface area (Å²) in [4.78, 5) is 0. The average Bonchev–Trinajstić information content (AvgIpc) is 2.59. The van der Waals surface area contributed by atoms with Crippen molar-refractivity contribution in [3.63, 3.8) is 0 Å². The Morgan fingerprint density at radius 3 is 1.39 bits per heavy atom. The minimum Gasteiger partial charge on any atom is -0.657 e. The number of rotatable bonds is 18. The van der Waals surface area contributed by atoms with Crippen molar-refractivity contribution in [3.8, 4) is 0 Å². The standard InChI is InChI=1S/C26H54N.Na/c1-9-11-13-15-16-17-19-21-23-27-26(7,8)25(5,6)24(3,4)22-20-18-14-12-10-2;/h9-23H2,1-8H3;/q-1;+1. The SMILES string of the molecule is CCCCCCCCCC[N-]C(C)(C)C(C)(C)C(C)(C)CCCCCCC.[Na+]. The molecule has 0 radical (unpaired) electrons. The average molecular weight is 404 g/mol. The van der Waals surface area contributed by atoms with Gasteiger partial charge in [0, 0.05) is 0 Å². The van der Waals surface area contributed by atoms with Gasteiger partial charge in [-0.15, -0.1) is 12.1 Å². The van der Waals surface area contributed by atoms with Crippen LogP contribution < -0.4 is 29.6 Å². The fraction of sp³-hybridized carbons (Fsp3) is 1.00. The molecule has 1 nitrogen and oxygen atoms in total. The molecule has 0 amide bonds. The zero-order valence-corrected chi connectivity index (χ0v) is 23.6. The van der Waals surface area contributed by atoms with E-state index in [0.29, 0.717) is 5.41 Å². The predicted molar refractivity (Wildman–Crippen MR) is 126 cm³/mol. The van der Waals surface area contributed by atoms with E-state index >= 15 is 0 Å². The molecule has 0 unspecified atom stereocenters. The fourth-order valence-electron chi connectivity index (χ4n) is 4.11. The Hall–Kier alpha value is 0.960.